The van der Waals surface area contributed by atoms with Crippen LogP contribution in [0.2, 0.25) is 0 Å². The monoisotopic (exact) mass is 512 g/mol. The van der Waals surface area contributed by atoms with Gasteiger partial charge in [-0.1, -0.05) is 95.5 Å². The van der Waals surface area contributed by atoms with Gasteiger partial charge in [0.2, 0.25) is 0 Å². The van der Waals surface area contributed by atoms with Gasteiger partial charge in [-0.2, -0.15) is 8.42 Å². The van der Waals surface area contributed by atoms with E-state index >= 15 is 0 Å². The normalized spacial score (nSPS) is 12.1. The fourth-order valence-corrected chi connectivity index (χ4v) is 4.26. The lowest BCUT2D eigenvalue weighted by molar-refractivity contribution is -0.152. The molecule has 0 aliphatic heterocycles. The Labute approximate surface area is 210 Å². The third-order valence-electron chi connectivity index (χ3n) is 5.14. The summed E-state index contributed by atoms with van der Waals surface area (Å²) in [4.78, 5) is 30.4. The topological polar surface area (TPSA) is 111 Å². The Bertz CT molecular complexity index is 1210. The third-order valence-corrected chi connectivity index (χ3v) is 6.36. The lowest BCUT2D eigenvalue weighted by atomic mass is 10.00. The minimum absolute atomic E-state index is 0.111. The maximum Gasteiger partial charge on any atom is 0.422 e. The summed E-state index contributed by atoms with van der Waals surface area (Å²) in [6.45, 7) is -0.623. The van der Waals surface area contributed by atoms with Crippen molar-refractivity contribution in [2.75, 3.05) is 13.7 Å². The smallest absolute Gasteiger partial charge is 0.422 e. The van der Waals surface area contributed by atoms with Crippen LogP contribution >= 0.6 is 0 Å². The molecule has 36 heavy (non-hydrogen) atoms. The minimum atomic E-state index is -4.55. The number of carbonyl (C=O) groups excluding carboxylic acids is 2. The van der Waals surface area contributed by atoms with Gasteiger partial charge in [0.15, 0.2) is 0 Å². The van der Waals surface area contributed by atoms with Gasteiger partial charge in [0.1, 0.15) is 6.61 Å². The van der Waals surface area contributed by atoms with Gasteiger partial charge in [0.05, 0.1) is 26.2 Å². The Kier molecular flexibility index (Phi) is 9.99. The van der Waals surface area contributed by atoms with Gasteiger partial charge in [-0.05, 0) is 23.1 Å². The Morgan fingerprint density at radius 2 is 1.31 bits per heavy atom. The molecule has 0 heterocycles. The molecule has 3 aromatic rings. The first-order chi connectivity index (χ1) is 17.4. The molecule has 0 unspecified atom stereocenters. The maximum absolute atomic E-state index is 13.1. The third kappa shape index (κ3) is 8.49. The summed E-state index contributed by atoms with van der Waals surface area (Å²) in [5.41, 5.74) is 2.20. The van der Waals surface area contributed by atoms with Gasteiger partial charge in [-0.25, -0.2) is 9.52 Å². The average molecular weight is 513 g/mol. The van der Waals surface area contributed by atoms with Crippen LogP contribution in [0.4, 0.5) is 4.79 Å². The number of benzene rings is 3. The number of rotatable bonds is 12. The number of hydrogen-bond acceptors (Lipinski definition) is 7. The van der Waals surface area contributed by atoms with Gasteiger partial charge < -0.3 is 9.47 Å². The first-order valence-electron chi connectivity index (χ1n) is 11.2. The van der Waals surface area contributed by atoms with Crippen LogP contribution in [0.1, 0.15) is 16.7 Å². The number of carbonyl (C=O) groups is 2. The summed E-state index contributed by atoms with van der Waals surface area (Å²) in [6, 6.07) is 26.8. The second-order valence-corrected chi connectivity index (χ2v) is 9.38. The van der Waals surface area contributed by atoms with Crippen molar-refractivity contribution in [2.24, 2.45) is 5.92 Å². The van der Waals surface area contributed by atoms with Crippen LogP contribution in [0, 0.1) is 5.92 Å². The van der Waals surface area contributed by atoms with Crippen LogP contribution < -0.4 is 4.72 Å². The Morgan fingerprint density at radius 1 is 0.806 bits per heavy atom. The molecule has 3 aromatic carbocycles. The molecule has 1 amide bonds. The number of amides is 1. The van der Waals surface area contributed by atoms with Crippen molar-refractivity contribution in [1.82, 2.24) is 9.19 Å². The fraction of sp³-hybridized carbons (Fsp3) is 0.231. The molecule has 0 saturated carbocycles. The fourth-order valence-electron chi connectivity index (χ4n) is 3.32. The second-order valence-electron chi connectivity index (χ2n) is 7.82. The van der Waals surface area contributed by atoms with Crippen molar-refractivity contribution >= 4 is 22.3 Å². The molecule has 0 bridgehead atoms. The molecule has 0 saturated heterocycles. The Morgan fingerprint density at radius 3 is 1.83 bits per heavy atom. The van der Waals surface area contributed by atoms with Crippen molar-refractivity contribution in [3.8, 4) is 0 Å². The zero-order valence-electron chi connectivity index (χ0n) is 19.8. The van der Waals surface area contributed by atoms with Crippen LogP contribution in [0.25, 0.3) is 0 Å². The Hall–Kier alpha value is -3.73. The van der Waals surface area contributed by atoms with Crippen LogP contribution in [0.5, 0.6) is 0 Å². The van der Waals surface area contributed by atoms with E-state index in [1.54, 1.807) is 48.5 Å². The van der Waals surface area contributed by atoms with E-state index in [4.69, 9.17) is 14.3 Å². The van der Waals surface area contributed by atoms with Crippen molar-refractivity contribution in [2.45, 2.75) is 19.6 Å². The zero-order chi connectivity index (χ0) is 25.8. The molecule has 0 fully saturated rings. The SMILES string of the molecule is COC(=O)[C@H](Cc1ccccc1)CN(OCc1ccccc1)S(=O)(=O)NC(=O)OCc1ccccc1. The zero-order valence-corrected chi connectivity index (χ0v) is 20.6. The Balaban J connectivity index is 1.75. The number of hydroxylamine groups is 1. The molecule has 0 radical (unpaired) electrons. The molecule has 0 aromatic heterocycles. The molecule has 10 heteroatoms. The molecule has 0 aliphatic carbocycles. The van der Waals surface area contributed by atoms with Gasteiger partial charge >= 0.3 is 22.3 Å². The van der Waals surface area contributed by atoms with Crippen molar-refractivity contribution in [1.29, 1.82) is 0 Å². The van der Waals surface area contributed by atoms with Gasteiger partial charge in [0, 0.05) is 0 Å². The van der Waals surface area contributed by atoms with E-state index in [-0.39, 0.29) is 19.6 Å². The first kappa shape index (κ1) is 26.9. The highest BCUT2D eigenvalue weighted by Gasteiger charge is 2.32. The lowest BCUT2D eigenvalue weighted by Gasteiger charge is -2.25. The largest absolute Gasteiger partial charge is 0.469 e. The highest BCUT2D eigenvalue weighted by atomic mass is 32.2. The number of esters is 1. The lowest BCUT2D eigenvalue weighted by Crippen LogP contribution is -2.46. The standard InChI is InChI=1S/C26H28N2O7S/c1-33-25(29)24(17-21-11-5-2-6-12-21)18-28(35-20-23-15-9-4-10-16-23)36(31,32)27-26(30)34-19-22-13-7-3-8-14-22/h2-16,24H,17-20H2,1H3,(H,27,30)/t24-/m1/s1. The predicted octanol–water partition coefficient (Wildman–Crippen LogP) is 3.62. The molecule has 0 aliphatic rings. The highest BCUT2D eigenvalue weighted by Crippen LogP contribution is 2.16. The van der Waals surface area contributed by atoms with E-state index in [1.807, 2.05) is 47.2 Å². The molecule has 1 atom stereocenters. The van der Waals surface area contributed by atoms with Crippen molar-refractivity contribution < 1.29 is 32.3 Å². The van der Waals surface area contributed by atoms with Crippen LogP contribution in [-0.2, 0) is 48.9 Å². The molecule has 1 N–H and O–H groups in total. The summed E-state index contributed by atoms with van der Waals surface area (Å²) in [7, 11) is -3.32. The van der Waals surface area contributed by atoms with E-state index in [0.29, 0.717) is 15.6 Å². The summed E-state index contributed by atoms with van der Waals surface area (Å²) in [6.07, 6.45) is -0.975. The molecular weight excluding hydrogens is 484 g/mol. The predicted molar refractivity (Wildman–Crippen MR) is 132 cm³/mol. The summed E-state index contributed by atoms with van der Waals surface area (Å²) >= 11 is 0. The van der Waals surface area contributed by atoms with Crippen LogP contribution in [-0.4, -0.2) is 38.6 Å². The number of nitrogens with zero attached hydrogens (tertiary/aromatic N) is 1. The first-order valence-corrected chi connectivity index (χ1v) is 12.6. The average Bonchev–Trinajstić information content (AvgIpc) is 2.90. The van der Waals surface area contributed by atoms with E-state index in [1.165, 1.54) is 7.11 Å². The van der Waals surface area contributed by atoms with Crippen LogP contribution in [0.15, 0.2) is 91.0 Å². The summed E-state index contributed by atoms with van der Waals surface area (Å²) in [5, 5.41) is 0. The maximum atomic E-state index is 13.1. The van der Waals surface area contributed by atoms with Crippen molar-refractivity contribution in [3.05, 3.63) is 108 Å². The van der Waals surface area contributed by atoms with Crippen molar-refractivity contribution in [3.63, 3.8) is 0 Å². The summed E-state index contributed by atoms with van der Waals surface area (Å²) in [5.74, 6) is -1.51. The molecule has 0 spiro atoms. The number of methoxy groups -OCH3 is 1. The highest BCUT2D eigenvalue weighted by molar-refractivity contribution is 7.87. The minimum Gasteiger partial charge on any atom is -0.469 e. The summed E-state index contributed by atoms with van der Waals surface area (Å²) < 4.78 is 38.6. The van der Waals surface area contributed by atoms with Crippen LogP contribution in [0.3, 0.4) is 0 Å². The number of nitrogens with one attached hydrogen (secondary N) is 1. The van der Waals surface area contributed by atoms with E-state index in [2.05, 4.69) is 0 Å². The molecule has 190 valence electrons. The second kappa shape index (κ2) is 13.4. The van der Waals surface area contributed by atoms with E-state index < -0.39 is 34.7 Å². The molecule has 3 rings (SSSR count). The number of ether oxygens (including phenoxy) is 2. The number of hydrogen-bond donors (Lipinski definition) is 1. The quantitative estimate of drug-likeness (QED) is 0.291. The van der Waals surface area contributed by atoms with Gasteiger partial charge in [0.25, 0.3) is 0 Å². The van der Waals surface area contributed by atoms with Gasteiger partial charge in [-0.15, -0.1) is 0 Å². The van der Waals surface area contributed by atoms with E-state index in [9.17, 15) is 18.0 Å². The van der Waals surface area contributed by atoms with Gasteiger partial charge in [-0.3, -0.25) is 9.63 Å². The molecular formula is C26H28N2O7S. The van der Waals surface area contributed by atoms with E-state index in [0.717, 1.165) is 5.56 Å². The molecule has 9 nitrogen and oxygen atoms in total.